The summed E-state index contributed by atoms with van der Waals surface area (Å²) < 4.78 is 33.4. The molecule has 2 aliphatic heterocycles. The van der Waals surface area contributed by atoms with E-state index in [0.29, 0.717) is 28.2 Å². The summed E-state index contributed by atoms with van der Waals surface area (Å²) in [6, 6.07) is 7.85. The molecular formula is C27H24F2N4O3. The zero-order valence-electron chi connectivity index (χ0n) is 20.0. The highest BCUT2D eigenvalue weighted by molar-refractivity contribution is 5.94. The number of alkyl halides is 2. The predicted molar refractivity (Wildman–Crippen MR) is 132 cm³/mol. The molecule has 1 saturated heterocycles. The molecule has 184 valence electrons. The van der Waals surface area contributed by atoms with Gasteiger partial charge in [0.25, 0.3) is 0 Å². The fourth-order valence-corrected chi connectivity index (χ4v) is 5.05. The Morgan fingerprint density at radius 1 is 1.25 bits per heavy atom. The first-order valence-electron chi connectivity index (χ1n) is 11.5. The molecule has 0 spiro atoms. The van der Waals surface area contributed by atoms with Gasteiger partial charge < -0.3 is 10.5 Å². The second kappa shape index (κ2) is 8.48. The van der Waals surface area contributed by atoms with Crippen molar-refractivity contribution in [3.8, 4) is 28.8 Å². The van der Waals surface area contributed by atoms with E-state index in [4.69, 9.17) is 10.5 Å². The van der Waals surface area contributed by atoms with Crippen LogP contribution in [-0.2, 0) is 0 Å². The van der Waals surface area contributed by atoms with Crippen molar-refractivity contribution in [2.24, 2.45) is 0 Å². The molecule has 1 fully saturated rings. The molecule has 0 saturated carbocycles. The van der Waals surface area contributed by atoms with Crippen LogP contribution in [-0.4, -0.2) is 27.6 Å². The standard InChI is InChI=1S/C27H24F2N4O3/c1-15(34)20-14-32-22(12-23(20)35)19-11-24(36-26(28)29)17(6-4-16-5-7-25(30)31-13-16)10-18(19)21-8-9-27(2,3)33(21)32/h5,7,10-14,21,26H,8-9H2,1-3H3,(H2,30,31)/t21-/m1/s1. The second-order valence-corrected chi connectivity index (χ2v) is 9.58. The Labute approximate surface area is 206 Å². The van der Waals surface area contributed by atoms with Gasteiger partial charge in [-0.15, -0.1) is 0 Å². The van der Waals surface area contributed by atoms with Crippen molar-refractivity contribution < 1.29 is 18.3 Å². The molecule has 2 aromatic heterocycles. The van der Waals surface area contributed by atoms with E-state index in [-0.39, 0.29) is 28.7 Å². The Hall–Kier alpha value is -4.19. The third-order valence-electron chi connectivity index (χ3n) is 6.72. The van der Waals surface area contributed by atoms with Crippen molar-refractivity contribution in [3.05, 3.63) is 75.2 Å². The molecule has 9 heteroatoms. The summed E-state index contributed by atoms with van der Waals surface area (Å²) in [4.78, 5) is 28.9. The number of nitrogens with two attached hydrogens (primary N) is 1. The third kappa shape index (κ3) is 3.98. The van der Waals surface area contributed by atoms with Gasteiger partial charge in [0.1, 0.15) is 11.6 Å². The van der Waals surface area contributed by atoms with Crippen LogP contribution in [0.15, 0.2) is 47.5 Å². The number of ether oxygens (including phenoxy) is 1. The highest BCUT2D eigenvalue weighted by Crippen LogP contribution is 2.49. The van der Waals surface area contributed by atoms with E-state index in [1.54, 1.807) is 24.4 Å². The van der Waals surface area contributed by atoms with Gasteiger partial charge in [-0.25, -0.2) is 4.98 Å². The molecule has 0 radical (unpaired) electrons. The van der Waals surface area contributed by atoms with Crippen LogP contribution in [0.4, 0.5) is 14.6 Å². The van der Waals surface area contributed by atoms with Gasteiger partial charge in [-0.1, -0.05) is 11.8 Å². The van der Waals surface area contributed by atoms with Crippen LogP contribution in [0, 0.1) is 11.8 Å². The number of carbonyl (C=O) groups is 1. The molecule has 7 nitrogen and oxygen atoms in total. The smallest absolute Gasteiger partial charge is 0.387 e. The largest absolute Gasteiger partial charge is 0.433 e. The molecule has 1 aromatic carbocycles. The zero-order valence-corrected chi connectivity index (χ0v) is 20.0. The number of hydrogen-bond acceptors (Lipinski definition) is 6. The summed E-state index contributed by atoms with van der Waals surface area (Å²) in [7, 11) is 0. The second-order valence-electron chi connectivity index (χ2n) is 9.58. The SMILES string of the molecule is CC(=O)c1cn2c(cc1=O)-c1cc(OC(F)F)c(C#Cc3ccc(N)nc3)cc1[C@H]1CCC(C)(C)N12. The van der Waals surface area contributed by atoms with Gasteiger partial charge in [0, 0.05) is 29.6 Å². The van der Waals surface area contributed by atoms with E-state index in [9.17, 15) is 18.4 Å². The Morgan fingerprint density at radius 2 is 2.03 bits per heavy atom. The van der Waals surface area contributed by atoms with Gasteiger partial charge in [-0.2, -0.15) is 8.78 Å². The average Bonchev–Trinajstić information content (AvgIpc) is 3.13. The van der Waals surface area contributed by atoms with Crippen molar-refractivity contribution in [2.75, 3.05) is 10.7 Å². The van der Waals surface area contributed by atoms with Crippen molar-refractivity contribution in [3.63, 3.8) is 0 Å². The molecule has 0 unspecified atom stereocenters. The van der Waals surface area contributed by atoms with Crippen LogP contribution < -0.4 is 20.9 Å². The molecule has 36 heavy (non-hydrogen) atoms. The van der Waals surface area contributed by atoms with Crippen LogP contribution in [0.25, 0.3) is 11.3 Å². The number of halogens is 2. The number of Topliss-reactive ketones (excluding diaryl/α,β-unsaturated/α-hetero) is 1. The number of fused-ring (bicyclic) bond motifs is 6. The number of benzene rings is 1. The van der Waals surface area contributed by atoms with Gasteiger partial charge in [-0.3, -0.25) is 19.3 Å². The van der Waals surface area contributed by atoms with Crippen LogP contribution in [0.2, 0.25) is 0 Å². The topological polar surface area (TPSA) is 90.4 Å². The summed E-state index contributed by atoms with van der Waals surface area (Å²) in [5.41, 5.74) is 7.83. The van der Waals surface area contributed by atoms with Gasteiger partial charge in [0.15, 0.2) is 11.2 Å². The summed E-state index contributed by atoms with van der Waals surface area (Å²) in [6.07, 6.45) is 4.71. The maximum atomic E-state index is 13.4. The van der Waals surface area contributed by atoms with Gasteiger partial charge in [0.05, 0.1) is 28.4 Å². The molecule has 5 rings (SSSR count). The molecule has 2 N–H and O–H groups in total. The molecule has 0 bridgehead atoms. The third-order valence-corrected chi connectivity index (χ3v) is 6.72. The Balaban J connectivity index is 1.74. The van der Waals surface area contributed by atoms with Gasteiger partial charge in [0.2, 0.25) is 0 Å². The molecule has 1 atom stereocenters. The van der Waals surface area contributed by atoms with Gasteiger partial charge in [-0.05, 0) is 63.4 Å². The quantitative estimate of drug-likeness (QED) is 0.436. The number of aromatic nitrogens is 2. The minimum absolute atomic E-state index is 0.0762. The lowest BCUT2D eigenvalue weighted by Crippen LogP contribution is -2.50. The van der Waals surface area contributed by atoms with E-state index >= 15 is 0 Å². The molecule has 0 aliphatic carbocycles. The summed E-state index contributed by atoms with van der Waals surface area (Å²) in [6.45, 7) is 2.48. The Kier molecular flexibility index (Phi) is 5.55. The lowest BCUT2D eigenvalue weighted by atomic mass is 9.91. The number of carbonyl (C=O) groups excluding carboxylic acids is 1. The number of ketones is 1. The number of hydrogen-bond donors (Lipinski definition) is 1. The minimum atomic E-state index is -3.06. The van der Waals surface area contributed by atoms with E-state index in [0.717, 1.165) is 18.4 Å². The van der Waals surface area contributed by atoms with Crippen molar-refractivity contribution in [1.29, 1.82) is 0 Å². The summed E-state index contributed by atoms with van der Waals surface area (Å²) >= 11 is 0. The van der Waals surface area contributed by atoms with E-state index in [1.807, 2.05) is 4.68 Å². The first-order chi connectivity index (χ1) is 17.0. The molecule has 0 amide bonds. The van der Waals surface area contributed by atoms with Gasteiger partial charge >= 0.3 is 6.61 Å². The number of pyridine rings is 2. The zero-order chi connectivity index (χ0) is 25.8. The number of nitrogen functional groups attached to an aromatic ring is 1. The fourth-order valence-electron chi connectivity index (χ4n) is 5.05. The van der Waals surface area contributed by atoms with E-state index in [1.165, 1.54) is 25.3 Å². The van der Waals surface area contributed by atoms with Crippen LogP contribution in [0.1, 0.15) is 66.7 Å². The molecular weight excluding hydrogens is 466 g/mol. The van der Waals surface area contributed by atoms with Crippen LogP contribution >= 0.6 is 0 Å². The first-order valence-corrected chi connectivity index (χ1v) is 11.5. The predicted octanol–water partition coefficient (Wildman–Crippen LogP) is 4.26. The lowest BCUT2D eigenvalue weighted by Gasteiger charge is -2.44. The van der Waals surface area contributed by atoms with Crippen molar-refractivity contribution in [1.82, 2.24) is 9.66 Å². The fraction of sp³-hybridized carbons (Fsp3) is 0.296. The Bertz CT molecular complexity index is 1500. The minimum Gasteiger partial charge on any atom is -0.433 e. The normalized spacial score (nSPS) is 17.1. The maximum absolute atomic E-state index is 13.4. The van der Waals surface area contributed by atoms with Crippen LogP contribution in [0.3, 0.4) is 0 Å². The summed E-state index contributed by atoms with van der Waals surface area (Å²) in [5, 5.41) is 2.14. The van der Waals surface area contributed by atoms with E-state index < -0.39 is 12.0 Å². The molecule has 3 aromatic rings. The average molecular weight is 491 g/mol. The summed E-state index contributed by atoms with van der Waals surface area (Å²) in [5.74, 6) is 5.79. The monoisotopic (exact) mass is 490 g/mol. The Morgan fingerprint density at radius 3 is 2.69 bits per heavy atom. The maximum Gasteiger partial charge on any atom is 0.387 e. The lowest BCUT2D eigenvalue weighted by molar-refractivity contribution is -0.0500. The highest BCUT2D eigenvalue weighted by atomic mass is 19.3. The number of nitrogens with zero attached hydrogens (tertiary/aromatic N) is 3. The van der Waals surface area contributed by atoms with E-state index in [2.05, 4.69) is 35.7 Å². The van der Waals surface area contributed by atoms with Crippen molar-refractivity contribution in [2.45, 2.75) is 51.8 Å². The number of rotatable bonds is 3. The van der Waals surface area contributed by atoms with Crippen LogP contribution in [0.5, 0.6) is 5.75 Å². The highest BCUT2D eigenvalue weighted by Gasteiger charge is 2.45. The molecule has 2 aliphatic rings. The first kappa shape index (κ1) is 23.5. The number of anilines is 1. The van der Waals surface area contributed by atoms with Crippen molar-refractivity contribution >= 4 is 11.6 Å². The molecule has 4 heterocycles.